The highest BCUT2D eigenvalue weighted by Gasteiger charge is 2.32. The molecular formula is C18H18F2N2O4S. The van der Waals surface area contributed by atoms with E-state index in [1.807, 2.05) is 6.07 Å². The van der Waals surface area contributed by atoms with E-state index in [-0.39, 0.29) is 38.7 Å². The lowest BCUT2D eigenvalue weighted by Crippen LogP contribution is -2.51. The van der Waals surface area contributed by atoms with Crippen LogP contribution in [0.2, 0.25) is 0 Å². The molecule has 1 heterocycles. The molecule has 6 nitrogen and oxygen atoms in total. The maximum absolute atomic E-state index is 13.8. The van der Waals surface area contributed by atoms with Crippen molar-refractivity contribution in [1.82, 2.24) is 9.21 Å². The van der Waals surface area contributed by atoms with Gasteiger partial charge in [0.05, 0.1) is 0 Å². The number of piperazine rings is 1. The molecule has 144 valence electrons. The first-order valence-electron chi connectivity index (χ1n) is 8.29. The van der Waals surface area contributed by atoms with E-state index in [0.29, 0.717) is 11.8 Å². The zero-order valence-electron chi connectivity index (χ0n) is 14.3. The van der Waals surface area contributed by atoms with Crippen LogP contribution in [0.15, 0.2) is 53.4 Å². The molecule has 9 heteroatoms. The largest absolute Gasteiger partial charge is 0.484 e. The third kappa shape index (κ3) is 4.42. The fraction of sp³-hybridized carbons (Fsp3) is 0.278. The van der Waals surface area contributed by atoms with Gasteiger partial charge in [0.25, 0.3) is 5.91 Å². The lowest BCUT2D eigenvalue weighted by atomic mass is 10.3. The van der Waals surface area contributed by atoms with E-state index in [2.05, 4.69) is 0 Å². The van der Waals surface area contributed by atoms with Gasteiger partial charge < -0.3 is 9.64 Å². The van der Waals surface area contributed by atoms with Gasteiger partial charge in [-0.1, -0.05) is 18.2 Å². The first-order chi connectivity index (χ1) is 12.9. The molecule has 1 fully saturated rings. The van der Waals surface area contributed by atoms with Gasteiger partial charge in [0.15, 0.2) is 6.61 Å². The number of sulfonamides is 1. The van der Waals surface area contributed by atoms with Gasteiger partial charge in [-0.15, -0.1) is 0 Å². The van der Waals surface area contributed by atoms with E-state index < -0.39 is 26.6 Å². The number of ether oxygens (including phenoxy) is 1. The normalized spacial score (nSPS) is 15.6. The van der Waals surface area contributed by atoms with Crippen LogP contribution >= 0.6 is 0 Å². The summed E-state index contributed by atoms with van der Waals surface area (Å²) >= 11 is 0. The zero-order chi connectivity index (χ0) is 19.4. The molecule has 2 aromatic rings. The first kappa shape index (κ1) is 19.2. The number of nitrogens with zero attached hydrogens (tertiary/aromatic N) is 2. The highest BCUT2D eigenvalue weighted by molar-refractivity contribution is 7.89. The Bertz CT molecular complexity index is 914. The van der Waals surface area contributed by atoms with E-state index in [4.69, 9.17) is 4.74 Å². The van der Waals surface area contributed by atoms with Crippen molar-refractivity contribution in [1.29, 1.82) is 0 Å². The van der Waals surface area contributed by atoms with Crippen molar-refractivity contribution < 1.29 is 26.7 Å². The average molecular weight is 396 g/mol. The zero-order valence-corrected chi connectivity index (χ0v) is 15.2. The molecule has 1 aliphatic rings. The maximum atomic E-state index is 13.8. The van der Waals surface area contributed by atoms with Gasteiger partial charge in [0.2, 0.25) is 10.0 Å². The minimum atomic E-state index is -4.09. The molecule has 0 aliphatic carbocycles. The number of carbonyl (C=O) groups excluding carboxylic acids is 1. The number of halogens is 2. The Balaban J connectivity index is 1.58. The standard InChI is InChI=1S/C18H18F2N2O4S/c19-14-6-7-17(16(20)12-14)27(24,25)22-10-8-21(9-11-22)18(23)13-26-15-4-2-1-3-5-15/h1-7,12H,8-11,13H2. The second-order valence-electron chi connectivity index (χ2n) is 5.96. The minimum Gasteiger partial charge on any atom is -0.484 e. The lowest BCUT2D eigenvalue weighted by molar-refractivity contribution is -0.134. The van der Waals surface area contributed by atoms with Gasteiger partial charge in [0.1, 0.15) is 22.3 Å². The molecule has 0 radical (unpaired) electrons. The van der Waals surface area contributed by atoms with Crippen molar-refractivity contribution in [3.05, 3.63) is 60.2 Å². The predicted octanol–water partition coefficient (Wildman–Crippen LogP) is 1.88. The molecule has 0 bridgehead atoms. The number of amides is 1. The van der Waals surface area contributed by atoms with Crippen molar-refractivity contribution in [2.45, 2.75) is 4.90 Å². The SMILES string of the molecule is O=C(COc1ccccc1)N1CCN(S(=O)(=O)c2ccc(F)cc2F)CC1. The summed E-state index contributed by atoms with van der Waals surface area (Å²) in [6.07, 6.45) is 0. The average Bonchev–Trinajstić information content (AvgIpc) is 2.66. The molecule has 1 amide bonds. The Morgan fingerprint density at radius 1 is 1.00 bits per heavy atom. The molecule has 1 saturated heterocycles. The number of rotatable bonds is 5. The van der Waals surface area contributed by atoms with E-state index in [0.717, 1.165) is 16.4 Å². The van der Waals surface area contributed by atoms with Gasteiger partial charge in [-0.25, -0.2) is 17.2 Å². The lowest BCUT2D eigenvalue weighted by Gasteiger charge is -2.34. The number of carbonyl (C=O) groups is 1. The van der Waals surface area contributed by atoms with E-state index in [1.165, 1.54) is 4.90 Å². The van der Waals surface area contributed by atoms with Crippen LogP contribution in [-0.4, -0.2) is 56.3 Å². The summed E-state index contributed by atoms with van der Waals surface area (Å²) in [5, 5.41) is 0. The Kier molecular flexibility index (Phi) is 5.71. The van der Waals surface area contributed by atoms with Crippen molar-refractivity contribution in [2.75, 3.05) is 32.8 Å². The molecular weight excluding hydrogens is 378 g/mol. The quantitative estimate of drug-likeness (QED) is 0.774. The van der Waals surface area contributed by atoms with Crippen LogP contribution in [0, 0.1) is 11.6 Å². The predicted molar refractivity (Wildman–Crippen MR) is 93.6 cm³/mol. The minimum absolute atomic E-state index is 0.0240. The molecule has 3 rings (SSSR count). The summed E-state index contributed by atoms with van der Waals surface area (Å²) in [5.74, 6) is -1.67. The second kappa shape index (κ2) is 8.01. The molecule has 2 aromatic carbocycles. The number of para-hydroxylation sites is 1. The van der Waals surface area contributed by atoms with E-state index >= 15 is 0 Å². The smallest absolute Gasteiger partial charge is 0.260 e. The highest BCUT2D eigenvalue weighted by atomic mass is 32.2. The van der Waals surface area contributed by atoms with Crippen LogP contribution in [0.3, 0.4) is 0 Å². The van der Waals surface area contributed by atoms with Crippen molar-refractivity contribution >= 4 is 15.9 Å². The Hall–Kier alpha value is -2.52. The first-order valence-corrected chi connectivity index (χ1v) is 9.73. The third-order valence-corrected chi connectivity index (χ3v) is 6.14. The van der Waals surface area contributed by atoms with Gasteiger partial charge in [-0.3, -0.25) is 4.79 Å². The van der Waals surface area contributed by atoms with Crippen molar-refractivity contribution in [3.63, 3.8) is 0 Å². The van der Waals surface area contributed by atoms with E-state index in [9.17, 15) is 22.0 Å². The van der Waals surface area contributed by atoms with Gasteiger partial charge in [-0.2, -0.15) is 4.31 Å². The fourth-order valence-corrected chi connectivity index (χ4v) is 4.22. The molecule has 0 aromatic heterocycles. The van der Waals surface area contributed by atoms with E-state index in [1.54, 1.807) is 24.3 Å². The molecule has 0 spiro atoms. The number of hydrogen-bond donors (Lipinski definition) is 0. The Morgan fingerprint density at radius 3 is 2.30 bits per heavy atom. The summed E-state index contributed by atoms with van der Waals surface area (Å²) < 4.78 is 58.4. The molecule has 0 N–H and O–H groups in total. The van der Waals surface area contributed by atoms with Gasteiger partial charge in [-0.05, 0) is 24.3 Å². The topological polar surface area (TPSA) is 66.9 Å². The summed E-state index contributed by atoms with van der Waals surface area (Å²) in [6.45, 7) is 0.230. The monoisotopic (exact) mass is 396 g/mol. The number of hydrogen-bond acceptors (Lipinski definition) is 4. The second-order valence-corrected chi connectivity index (χ2v) is 7.87. The van der Waals surface area contributed by atoms with Crippen LogP contribution in [0.5, 0.6) is 5.75 Å². The van der Waals surface area contributed by atoms with Gasteiger partial charge >= 0.3 is 0 Å². The van der Waals surface area contributed by atoms with Crippen molar-refractivity contribution in [3.8, 4) is 5.75 Å². The third-order valence-electron chi connectivity index (χ3n) is 4.21. The summed E-state index contributed by atoms with van der Waals surface area (Å²) in [4.78, 5) is 13.1. The molecule has 1 aliphatic heterocycles. The Morgan fingerprint density at radius 2 is 1.67 bits per heavy atom. The number of benzene rings is 2. The van der Waals surface area contributed by atoms with Crippen LogP contribution in [0.1, 0.15) is 0 Å². The molecule has 27 heavy (non-hydrogen) atoms. The summed E-state index contributed by atoms with van der Waals surface area (Å²) in [5.41, 5.74) is 0. The maximum Gasteiger partial charge on any atom is 0.260 e. The molecule has 0 saturated carbocycles. The summed E-state index contributed by atoms with van der Waals surface area (Å²) in [7, 11) is -4.09. The molecule has 0 atom stereocenters. The fourth-order valence-electron chi connectivity index (χ4n) is 2.75. The van der Waals surface area contributed by atoms with Gasteiger partial charge in [0, 0.05) is 32.2 Å². The summed E-state index contributed by atoms with van der Waals surface area (Å²) in [6, 6.07) is 11.2. The van der Waals surface area contributed by atoms with Crippen LogP contribution in [0.25, 0.3) is 0 Å². The van der Waals surface area contributed by atoms with Crippen LogP contribution in [0.4, 0.5) is 8.78 Å². The molecule has 0 unspecified atom stereocenters. The van der Waals surface area contributed by atoms with Crippen molar-refractivity contribution in [2.24, 2.45) is 0 Å². The van der Waals surface area contributed by atoms with Crippen LogP contribution in [-0.2, 0) is 14.8 Å². The Labute approximate surface area is 156 Å². The highest BCUT2D eigenvalue weighted by Crippen LogP contribution is 2.21. The van der Waals surface area contributed by atoms with Crippen LogP contribution < -0.4 is 4.74 Å².